The van der Waals surface area contributed by atoms with Crippen molar-refractivity contribution in [3.63, 3.8) is 0 Å². The Morgan fingerprint density at radius 1 is 1.00 bits per heavy atom. The number of rotatable bonds is 7. The molecule has 0 heterocycles. The van der Waals surface area contributed by atoms with Crippen LogP contribution in [0.1, 0.15) is 31.4 Å². The molecule has 0 unspecified atom stereocenters. The van der Waals surface area contributed by atoms with E-state index in [-0.39, 0.29) is 0 Å². The zero-order chi connectivity index (χ0) is 16.9. The molecule has 0 radical (unpaired) electrons. The molecule has 0 aliphatic rings. The van der Waals surface area contributed by atoms with Crippen molar-refractivity contribution in [2.45, 2.75) is 32.1 Å². The summed E-state index contributed by atoms with van der Waals surface area (Å²) < 4.78 is 5.07. The zero-order valence-corrected chi connectivity index (χ0v) is 14.0. The first-order valence-corrected chi connectivity index (χ1v) is 7.87. The van der Waals surface area contributed by atoms with Gasteiger partial charge in [0, 0.05) is 13.7 Å². The first-order valence-electron chi connectivity index (χ1n) is 7.87. The van der Waals surface area contributed by atoms with Gasteiger partial charge in [0.2, 0.25) is 0 Å². The van der Waals surface area contributed by atoms with Crippen LogP contribution in [0.3, 0.4) is 0 Å². The molecule has 0 aromatic heterocycles. The van der Waals surface area contributed by atoms with Crippen LogP contribution in [0.15, 0.2) is 48.5 Å². The molecule has 122 valence electrons. The molecule has 1 N–H and O–H groups in total. The Labute approximate surface area is 137 Å². The van der Waals surface area contributed by atoms with Crippen LogP contribution in [-0.2, 0) is 21.4 Å². The third-order valence-electron chi connectivity index (χ3n) is 4.24. The molecular weight excluding hydrogens is 288 g/mol. The molecule has 3 heteroatoms. The lowest BCUT2D eigenvalue weighted by Crippen LogP contribution is -2.28. The first kappa shape index (κ1) is 17.2. The van der Waals surface area contributed by atoms with Gasteiger partial charge in [-0.15, -0.1) is 0 Å². The lowest BCUT2D eigenvalue weighted by Gasteiger charge is -2.19. The van der Waals surface area contributed by atoms with Crippen molar-refractivity contribution in [2.24, 2.45) is 0 Å². The molecule has 0 aliphatic heterocycles. The number of aryl methyl sites for hydroxylation is 1. The quantitative estimate of drug-likeness (QED) is 0.776. The second-order valence-electron chi connectivity index (χ2n) is 6.30. The van der Waals surface area contributed by atoms with Gasteiger partial charge in [-0.1, -0.05) is 48.5 Å². The maximum atomic E-state index is 11.3. The third kappa shape index (κ3) is 4.20. The van der Waals surface area contributed by atoms with Crippen LogP contribution < -0.4 is 0 Å². The molecule has 3 nitrogen and oxygen atoms in total. The average molecular weight is 312 g/mol. The Kier molecular flexibility index (Phi) is 5.56. The fourth-order valence-corrected chi connectivity index (χ4v) is 2.49. The summed E-state index contributed by atoms with van der Waals surface area (Å²) in [5, 5.41) is 9.29. The number of carboxylic acids is 1. The predicted octanol–water partition coefficient (Wildman–Crippen LogP) is 4.29. The van der Waals surface area contributed by atoms with Gasteiger partial charge in [-0.25, -0.2) is 0 Å². The minimum Gasteiger partial charge on any atom is -0.481 e. The van der Waals surface area contributed by atoms with Crippen molar-refractivity contribution in [2.75, 3.05) is 13.7 Å². The van der Waals surface area contributed by atoms with Gasteiger partial charge in [0.05, 0.1) is 5.41 Å². The fourth-order valence-electron chi connectivity index (χ4n) is 2.49. The molecule has 23 heavy (non-hydrogen) atoms. The molecule has 0 fully saturated rings. The zero-order valence-electron chi connectivity index (χ0n) is 14.0. The topological polar surface area (TPSA) is 46.5 Å². The molecule has 2 aromatic rings. The number of ether oxygens (including phenoxy) is 1. The van der Waals surface area contributed by atoms with Gasteiger partial charge in [0.15, 0.2) is 0 Å². The Balaban J connectivity index is 2.12. The number of aliphatic carboxylic acids is 1. The van der Waals surface area contributed by atoms with Crippen LogP contribution in [0.25, 0.3) is 11.1 Å². The van der Waals surface area contributed by atoms with Gasteiger partial charge in [0.1, 0.15) is 0 Å². The van der Waals surface area contributed by atoms with Crippen LogP contribution in [-0.4, -0.2) is 24.8 Å². The molecule has 0 aliphatic carbocycles. The lowest BCUT2D eigenvalue weighted by molar-refractivity contribution is -0.142. The summed E-state index contributed by atoms with van der Waals surface area (Å²) in [6, 6.07) is 16.3. The normalized spacial score (nSPS) is 11.4. The van der Waals surface area contributed by atoms with Gasteiger partial charge in [-0.2, -0.15) is 0 Å². The second-order valence-corrected chi connectivity index (χ2v) is 6.30. The maximum Gasteiger partial charge on any atom is 0.313 e. The van der Waals surface area contributed by atoms with Crippen LogP contribution in [0.5, 0.6) is 0 Å². The van der Waals surface area contributed by atoms with Gasteiger partial charge >= 0.3 is 5.97 Å². The van der Waals surface area contributed by atoms with Gasteiger partial charge in [-0.3, -0.25) is 4.79 Å². The van der Waals surface area contributed by atoms with Crippen molar-refractivity contribution in [1.29, 1.82) is 0 Å². The standard InChI is InChI=1S/C20H24O3/c1-20(2,19(21)22)18-12-10-17(11-13-18)16-8-6-15(7-9-16)5-4-14-23-3/h6-13H,4-5,14H2,1-3H3,(H,21,22). The monoisotopic (exact) mass is 312 g/mol. The van der Waals surface area contributed by atoms with Crippen molar-refractivity contribution >= 4 is 5.97 Å². The lowest BCUT2D eigenvalue weighted by atomic mass is 9.84. The summed E-state index contributed by atoms with van der Waals surface area (Å²) in [7, 11) is 1.72. The summed E-state index contributed by atoms with van der Waals surface area (Å²) in [5.74, 6) is -0.814. The molecule has 0 spiro atoms. The minimum absolute atomic E-state index is 0.780. The Bertz CT molecular complexity index is 640. The van der Waals surface area contributed by atoms with E-state index in [1.54, 1.807) is 21.0 Å². The van der Waals surface area contributed by atoms with Crippen LogP contribution in [0, 0.1) is 0 Å². The number of carboxylic acid groups (broad SMARTS) is 1. The maximum absolute atomic E-state index is 11.3. The first-order chi connectivity index (χ1) is 10.9. The molecule has 0 saturated carbocycles. The molecular formula is C20H24O3. The number of carbonyl (C=O) groups is 1. The van der Waals surface area contributed by atoms with Gasteiger partial charge < -0.3 is 9.84 Å². The van der Waals surface area contributed by atoms with E-state index in [2.05, 4.69) is 24.3 Å². The van der Waals surface area contributed by atoms with Crippen molar-refractivity contribution in [3.8, 4) is 11.1 Å². The minimum atomic E-state index is -0.871. The number of hydrogen-bond acceptors (Lipinski definition) is 2. The molecule has 0 atom stereocenters. The molecule has 2 rings (SSSR count). The van der Waals surface area contributed by atoms with E-state index in [0.717, 1.165) is 36.1 Å². The van der Waals surface area contributed by atoms with E-state index in [0.29, 0.717) is 0 Å². The van der Waals surface area contributed by atoms with Crippen LogP contribution in [0.2, 0.25) is 0 Å². The SMILES string of the molecule is COCCCc1ccc(-c2ccc(C(C)(C)C(=O)O)cc2)cc1. The second kappa shape index (κ2) is 7.42. The third-order valence-corrected chi connectivity index (χ3v) is 4.24. The number of hydrogen-bond donors (Lipinski definition) is 1. The van der Waals surface area contributed by atoms with E-state index in [9.17, 15) is 9.90 Å². The molecule has 0 saturated heterocycles. The Morgan fingerprint density at radius 3 is 2.00 bits per heavy atom. The smallest absolute Gasteiger partial charge is 0.313 e. The summed E-state index contributed by atoms with van der Waals surface area (Å²) >= 11 is 0. The Hall–Kier alpha value is -2.13. The highest BCUT2D eigenvalue weighted by Gasteiger charge is 2.29. The van der Waals surface area contributed by atoms with Gasteiger partial charge in [0.25, 0.3) is 0 Å². The molecule has 0 bridgehead atoms. The number of benzene rings is 2. The Morgan fingerprint density at radius 2 is 1.52 bits per heavy atom. The van der Waals surface area contributed by atoms with Crippen molar-refractivity contribution in [1.82, 2.24) is 0 Å². The summed E-state index contributed by atoms with van der Waals surface area (Å²) in [5.41, 5.74) is 3.47. The highest BCUT2D eigenvalue weighted by Crippen LogP contribution is 2.27. The largest absolute Gasteiger partial charge is 0.481 e. The van der Waals surface area contributed by atoms with E-state index in [1.807, 2.05) is 24.3 Å². The molecule has 2 aromatic carbocycles. The predicted molar refractivity (Wildman–Crippen MR) is 92.7 cm³/mol. The summed E-state index contributed by atoms with van der Waals surface area (Å²) in [6.45, 7) is 4.22. The van der Waals surface area contributed by atoms with Crippen LogP contribution >= 0.6 is 0 Å². The van der Waals surface area contributed by atoms with E-state index < -0.39 is 11.4 Å². The van der Waals surface area contributed by atoms with Crippen molar-refractivity contribution in [3.05, 3.63) is 59.7 Å². The summed E-state index contributed by atoms with van der Waals surface area (Å²) in [4.78, 5) is 11.3. The van der Waals surface area contributed by atoms with Crippen LogP contribution in [0.4, 0.5) is 0 Å². The van der Waals surface area contributed by atoms with E-state index in [1.165, 1.54) is 5.56 Å². The summed E-state index contributed by atoms with van der Waals surface area (Å²) in [6.07, 6.45) is 2.04. The average Bonchev–Trinajstić information content (AvgIpc) is 2.56. The van der Waals surface area contributed by atoms with Gasteiger partial charge in [-0.05, 0) is 48.9 Å². The highest BCUT2D eigenvalue weighted by atomic mass is 16.5. The molecule has 0 amide bonds. The van der Waals surface area contributed by atoms with E-state index >= 15 is 0 Å². The highest BCUT2D eigenvalue weighted by molar-refractivity contribution is 5.80. The number of methoxy groups -OCH3 is 1. The fraction of sp³-hybridized carbons (Fsp3) is 0.350. The van der Waals surface area contributed by atoms with Crippen molar-refractivity contribution < 1.29 is 14.6 Å². The van der Waals surface area contributed by atoms with E-state index in [4.69, 9.17) is 4.74 Å².